The Hall–Kier alpha value is -3.89. The number of alkyl halides is 3. The van der Waals surface area contributed by atoms with Crippen LogP contribution in [0.15, 0.2) is 54.9 Å². The van der Waals surface area contributed by atoms with Crippen LogP contribution in [0, 0.1) is 11.6 Å². The van der Waals surface area contributed by atoms with Gasteiger partial charge in [0.2, 0.25) is 0 Å². The number of aromatic nitrogens is 2. The molecule has 0 spiro atoms. The van der Waals surface area contributed by atoms with Crippen LogP contribution in [0.3, 0.4) is 0 Å². The Balaban J connectivity index is 1.95. The highest BCUT2D eigenvalue weighted by molar-refractivity contribution is 5.96. The maximum absolute atomic E-state index is 14.5. The van der Waals surface area contributed by atoms with Gasteiger partial charge in [-0.15, -0.1) is 13.2 Å². The van der Waals surface area contributed by atoms with E-state index in [1.54, 1.807) is 0 Å². The second-order valence-corrected chi connectivity index (χ2v) is 6.71. The van der Waals surface area contributed by atoms with Crippen molar-refractivity contribution in [3.05, 3.63) is 89.0 Å². The lowest BCUT2D eigenvalue weighted by molar-refractivity contribution is -0.275. The number of carbonyl (C=O) groups is 2. The molecule has 0 aliphatic carbocycles. The molecule has 172 valence electrons. The lowest BCUT2D eigenvalue weighted by Gasteiger charge is -2.18. The first-order valence-electron chi connectivity index (χ1n) is 9.32. The third kappa shape index (κ3) is 5.88. The third-order valence-electron chi connectivity index (χ3n) is 4.56. The Morgan fingerprint density at radius 2 is 1.79 bits per heavy atom. The number of carbonyl (C=O) groups excluding carboxylic acids is 2. The molecule has 0 fully saturated rings. The van der Waals surface area contributed by atoms with Gasteiger partial charge in [0.1, 0.15) is 11.5 Å². The highest BCUT2D eigenvalue weighted by Gasteiger charge is 2.33. The molecule has 3 rings (SSSR count). The predicted octanol–water partition coefficient (Wildman–Crippen LogP) is 4.84. The molecule has 0 aliphatic rings. The van der Waals surface area contributed by atoms with E-state index in [1.807, 2.05) is 0 Å². The summed E-state index contributed by atoms with van der Waals surface area (Å²) >= 11 is 0. The molecule has 0 bridgehead atoms. The molecule has 6 nitrogen and oxygen atoms in total. The van der Waals surface area contributed by atoms with Crippen molar-refractivity contribution in [2.45, 2.75) is 18.7 Å². The maximum Gasteiger partial charge on any atom is 0.573 e. The second-order valence-electron chi connectivity index (χ2n) is 6.71. The minimum Gasteiger partial charge on any atom is -0.465 e. The molecule has 0 unspecified atom stereocenters. The number of benzene rings is 1. The standard InChI is InChI=1S/C22H15F5N2O4/c1-32-21(31)13-4-6-17(29-11-13)18(30)10-14(20-15(23)3-2-8-28-20)12-5-7-19(16(24)9-12)33-22(25,26)27/h2-9,11,14H,10H2,1H3/t14-/m0/s1. The number of hydrogen-bond acceptors (Lipinski definition) is 6. The van der Waals surface area contributed by atoms with E-state index in [1.165, 1.54) is 31.5 Å². The summed E-state index contributed by atoms with van der Waals surface area (Å²) in [7, 11) is 1.18. The van der Waals surface area contributed by atoms with Crippen molar-refractivity contribution in [3.8, 4) is 5.75 Å². The number of pyridine rings is 2. The van der Waals surface area contributed by atoms with Crippen LogP contribution in [0.5, 0.6) is 5.75 Å². The van der Waals surface area contributed by atoms with Crippen LogP contribution >= 0.6 is 0 Å². The number of rotatable bonds is 7. The van der Waals surface area contributed by atoms with Crippen molar-refractivity contribution in [2.75, 3.05) is 7.11 Å². The zero-order valence-corrected chi connectivity index (χ0v) is 16.9. The van der Waals surface area contributed by atoms with E-state index in [0.29, 0.717) is 0 Å². The topological polar surface area (TPSA) is 78.4 Å². The van der Waals surface area contributed by atoms with Crippen molar-refractivity contribution in [3.63, 3.8) is 0 Å². The van der Waals surface area contributed by atoms with Crippen molar-refractivity contribution in [1.82, 2.24) is 9.97 Å². The minimum absolute atomic E-state index is 0.000782. The highest BCUT2D eigenvalue weighted by Crippen LogP contribution is 2.33. The fraction of sp³-hybridized carbons (Fsp3) is 0.182. The van der Waals surface area contributed by atoms with E-state index < -0.39 is 47.8 Å². The molecule has 0 N–H and O–H groups in total. The fourth-order valence-corrected chi connectivity index (χ4v) is 3.06. The summed E-state index contributed by atoms with van der Waals surface area (Å²) < 4.78 is 74.2. The van der Waals surface area contributed by atoms with Crippen molar-refractivity contribution in [2.24, 2.45) is 0 Å². The molecule has 2 aromatic heterocycles. The molecule has 0 amide bonds. The second kappa shape index (κ2) is 9.72. The van der Waals surface area contributed by atoms with Crippen LogP contribution < -0.4 is 4.74 Å². The Bertz CT molecular complexity index is 1170. The van der Waals surface area contributed by atoms with Crippen molar-refractivity contribution in [1.29, 1.82) is 0 Å². The lowest BCUT2D eigenvalue weighted by Crippen LogP contribution is -2.18. The van der Waals surface area contributed by atoms with Gasteiger partial charge in [-0.1, -0.05) is 6.07 Å². The molecule has 11 heteroatoms. The summed E-state index contributed by atoms with van der Waals surface area (Å²) in [6.07, 6.45) is -3.15. The Morgan fingerprint density at radius 3 is 2.36 bits per heavy atom. The number of Topliss-reactive ketones (excluding diaryl/α,β-unsaturated/α-hetero) is 1. The van der Waals surface area contributed by atoms with Gasteiger partial charge in [-0.25, -0.2) is 13.6 Å². The molecular weight excluding hydrogens is 451 g/mol. The van der Waals surface area contributed by atoms with Crippen LogP contribution in [0.2, 0.25) is 0 Å². The number of hydrogen-bond donors (Lipinski definition) is 0. The third-order valence-corrected chi connectivity index (χ3v) is 4.56. The molecule has 33 heavy (non-hydrogen) atoms. The van der Waals surface area contributed by atoms with E-state index in [0.717, 1.165) is 30.5 Å². The zero-order chi connectivity index (χ0) is 24.2. The van der Waals surface area contributed by atoms with Gasteiger partial charge in [-0.3, -0.25) is 14.8 Å². The van der Waals surface area contributed by atoms with Crippen molar-refractivity contribution < 1.29 is 41.0 Å². The lowest BCUT2D eigenvalue weighted by atomic mass is 9.89. The molecule has 0 saturated carbocycles. The van der Waals surface area contributed by atoms with E-state index in [-0.39, 0.29) is 22.5 Å². The van der Waals surface area contributed by atoms with Crippen LogP contribution in [0.1, 0.15) is 44.4 Å². The summed E-state index contributed by atoms with van der Waals surface area (Å²) in [6, 6.07) is 7.52. The average Bonchev–Trinajstić information content (AvgIpc) is 2.78. The molecule has 0 aliphatic heterocycles. The van der Waals surface area contributed by atoms with Crippen LogP contribution in [0.25, 0.3) is 0 Å². The number of halogens is 5. The predicted molar refractivity (Wildman–Crippen MR) is 104 cm³/mol. The zero-order valence-electron chi connectivity index (χ0n) is 16.9. The number of esters is 1. The number of nitrogens with zero attached hydrogens (tertiary/aromatic N) is 2. The highest BCUT2D eigenvalue weighted by atomic mass is 19.4. The summed E-state index contributed by atoms with van der Waals surface area (Å²) in [5.41, 5.74) is -0.176. The fourth-order valence-electron chi connectivity index (χ4n) is 3.06. The monoisotopic (exact) mass is 466 g/mol. The van der Waals surface area contributed by atoms with E-state index in [9.17, 15) is 31.5 Å². The van der Waals surface area contributed by atoms with Gasteiger partial charge in [0, 0.05) is 24.7 Å². The largest absolute Gasteiger partial charge is 0.573 e. The van der Waals surface area contributed by atoms with Crippen LogP contribution in [-0.4, -0.2) is 35.2 Å². The maximum atomic E-state index is 14.5. The van der Waals surface area contributed by atoms with E-state index in [4.69, 9.17) is 0 Å². The van der Waals surface area contributed by atoms with Gasteiger partial charge in [0.25, 0.3) is 0 Å². The molecule has 0 radical (unpaired) electrons. The van der Waals surface area contributed by atoms with E-state index in [2.05, 4.69) is 19.4 Å². The van der Waals surface area contributed by atoms with Crippen LogP contribution in [0.4, 0.5) is 22.0 Å². The normalized spacial score (nSPS) is 12.2. The molecule has 1 aromatic carbocycles. The number of ether oxygens (including phenoxy) is 2. The first kappa shape index (κ1) is 23.8. The van der Waals surface area contributed by atoms with Crippen LogP contribution in [-0.2, 0) is 4.74 Å². The van der Waals surface area contributed by atoms with E-state index >= 15 is 0 Å². The first-order chi connectivity index (χ1) is 15.6. The Labute approximate surface area is 184 Å². The SMILES string of the molecule is COC(=O)c1ccc(C(=O)C[C@@H](c2ccc(OC(F)(F)F)c(F)c2)c2ncccc2F)nc1. The molecule has 0 saturated heterocycles. The molecular formula is C22H15F5N2O4. The van der Waals surface area contributed by atoms with Gasteiger partial charge < -0.3 is 9.47 Å². The number of methoxy groups -OCH3 is 1. The minimum atomic E-state index is -5.10. The summed E-state index contributed by atoms with van der Waals surface area (Å²) in [4.78, 5) is 32.1. The molecule has 1 atom stereocenters. The van der Waals surface area contributed by atoms with Crippen molar-refractivity contribution >= 4 is 11.8 Å². The Morgan fingerprint density at radius 1 is 1.03 bits per heavy atom. The van der Waals surface area contributed by atoms with Gasteiger partial charge in [-0.05, 0) is 42.0 Å². The average molecular weight is 466 g/mol. The van der Waals surface area contributed by atoms with Gasteiger partial charge >= 0.3 is 12.3 Å². The smallest absolute Gasteiger partial charge is 0.465 e. The Kier molecular flexibility index (Phi) is 7.00. The van der Waals surface area contributed by atoms with Gasteiger partial charge in [0.05, 0.1) is 18.4 Å². The molecule has 3 aromatic rings. The van der Waals surface area contributed by atoms with Gasteiger partial charge in [0.15, 0.2) is 17.3 Å². The summed E-state index contributed by atoms with van der Waals surface area (Å²) in [6.45, 7) is 0. The summed E-state index contributed by atoms with van der Waals surface area (Å²) in [5, 5.41) is 0. The number of ketones is 1. The first-order valence-corrected chi connectivity index (χ1v) is 9.32. The quantitative estimate of drug-likeness (QED) is 0.282. The summed E-state index contributed by atoms with van der Waals surface area (Å²) in [5.74, 6) is -5.61. The van der Waals surface area contributed by atoms with Gasteiger partial charge in [-0.2, -0.15) is 0 Å². The molecule has 2 heterocycles.